The number of para-hydroxylation sites is 1. The van der Waals surface area contributed by atoms with E-state index in [-0.39, 0.29) is 59.3 Å². The Bertz CT molecular complexity index is 1750. The van der Waals surface area contributed by atoms with E-state index in [9.17, 15) is 49.5 Å². The average Bonchev–Trinajstić information content (AvgIpc) is 3.08. The summed E-state index contributed by atoms with van der Waals surface area (Å²) in [6, 6.07) is 11.6. The van der Waals surface area contributed by atoms with E-state index in [1.807, 2.05) is 0 Å². The Morgan fingerprint density at radius 2 is 1.43 bits per heavy atom. The van der Waals surface area contributed by atoms with Crippen LogP contribution in [0, 0.1) is 0 Å². The largest absolute Gasteiger partial charge is 0.394 e. The summed E-state index contributed by atoms with van der Waals surface area (Å²) in [5.74, 6) is -3.78. The molecular formula is C30H28Br3N5O11. The Morgan fingerprint density at radius 1 is 0.857 bits per heavy atom. The van der Waals surface area contributed by atoms with Gasteiger partial charge in [0.2, 0.25) is 0 Å². The Morgan fingerprint density at radius 3 is 2.00 bits per heavy atom. The van der Waals surface area contributed by atoms with Gasteiger partial charge >= 0.3 is 5.97 Å². The van der Waals surface area contributed by atoms with E-state index in [4.69, 9.17) is 10.6 Å². The van der Waals surface area contributed by atoms with Gasteiger partial charge in [-0.1, -0.05) is 12.1 Å². The number of anilines is 3. The minimum absolute atomic E-state index is 0.0132. The first-order valence-corrected chi connectivity index (χ1v) is 16.5. The van der Waals surface area contributed by atoms with Crippen LogP contribution in [0.2, 0.25) is 0 Å². The lowest BCUT2D eigenvalue weighted by atomic mass is 10.00. The third kappa shape index (κ3) is 8.17. The van der Waals surface area contributed by atoms with Crippen molar-refractivity contribution < 1.29 is 54.3 Å². The number of aliphatic hydroxyl groups is 5. The normalized spacial score (nSPS) is 14.6. The molecule has 10 N–H and O–H groups in total. The van der Waals surface area contributed by atoms with E-state index in [0.29, 0.717) is 0 Å². The van der Waals surface area contributed by atoms with Crippen molar-refractivity contribution in [2.24, 2.45) is 5.73 Å². The lowest BCUT2D eigenvalue weighted by Gasteiger charge is -2.33. The van der Waals surface area contributed by atoms with Crippen molar-refractivity contribution in [1.29, 1.82) is 0 Å². The number of rotatable bonds is 13. The summed E-state index contributed by atoms with van der Waals surface area (Å²) in [7, 11) is 0. The highest BCUT2D eigenvalue weighted by atomic mass is 79.9. The molecule has 19 heteroatoms. The number of amides is 4. The van der Waals surface area contributed by atoms with Crippen LogP contribution < -0.4 is 26.7 Å². The molecule has 0 aliphatic carbocycles. The monoisotopic (exact) mass is 871 g/mol. The molecule has 4 amide bonds. The first-order chi connectivity index (χ1) is 23.2. The quantitative estimate of drug-likeness (QED) is 0.0860. The van der Waals surface area contributed by atoms with Gasteiger partial charge in [-0.05, 0) is 84.2 Å². The molecule has 3 aromatic carbocycles. The number of hydrogen-bond acceptors (Lipinski definition) is 13. The summed E-state index contributed by atoms with van der Waals surface area (Å²) < 4.78 is 0.145. The molecule has 49 heavy (non-hydrogen) atoms. The van der Waals surface area contributed by atoms with Crippen molar-refractivity contribution in [3.8, 4) is 0 Å². The Labute approximate surface area is 302 Å². The van der Waals surface area contributed by atoms with Crippen LogP contribution in [0.25, 0.3) is 0 Å². The molecule has 3 aromatic rings. The number of carbonyl (C=O) groups is 5. The summed E-state index contributed by atoms with van der Waals surface area (Å²) in [6.45, 7) is -2.07. The van der Waals surface area contributed by atoms with Gasteiger partial charge in [-0.3, -0.25) is 24.5 Å². The molecule has 4 unspecified atom stereocenters. The van der Waals surface area contributed by atoms with Crippen LogP contribution in [0.1, 0.15) is 41.4 Å². The molecule has 4 atom stereocenters. The van der Waals surface area contributed by atoms with Crippen molar-refractivity contribution in [2.45, 2.75) is 24.4 Å². The zero-order chi connectivity index (χ0) is 36.2. The molecular weight excluding hydrogens is 846 g/mol. The number of nitrogens with two attached hydrogens (primary N) is 1. The minimum Gasteiger partial charge on any atom is -0.394 e. The molecule has 16 nitrogen and oxygen atoms in total. The smallest absolute Gasteiger partial charge is 0.345 e. The fraction of sp³-hybridized carbons (Fsp3) is 0.233. The number of benzene rings is 3. The fourth-order valence-electron chi connectivity index (χ4n) is 4.62. The maximum absolute atomic E-state index is 14.1. The molecule has 1 aliphatic heterocycles. The first kappa shape index (κ1) is 38.0. The van der Waals surface area contributed by atoms with Crippen molar-refractivity contribution in [3.05, 3.63) is 84.2 Å². The molecule has 260 valence electrons. The number of halogens is 3. The molecule has 1 aliphatic rings. The number of nitrogens with zero attached hydrogens (tertiary/aromatic N) is 1. The SMILES string of the molecule is NCC(=O)ONc1ccccc1C(=O)Nc1ccc(C(=O)N(CC(O)C(O)C(O)C(O)CO)c2c(Br)c3c(Br)c(c2Br)C(=O)NC3=O)cc1. The highest BCUT2D eigenvalue weighted by Crippen LogP contribution is 2.46. The molecule has 1 heterocycles. The van der Waals surface area contributed by atoms with Crippen molar-refractivity contribution >= 4 is 94.5 Å². The van der Waals surface area contributed by atoms with E-state index >= 15 is 0 Å². The van der Waals surface area contributed by atoms with Crippen molar-refractivity contribution in [3.63, 3.8) is 0 Å². The Kier molecular flexibility index (Phi) is 12.6. The molecule has 4 rings (SSSR count). The standard InChI is InChI=1S/C30H28Br3N5O11/c31-21-19-22(32)24(23(33)20(21)29(47)36-28(19)46)38(10-16(40)25(43)26(44)17(41)11-39)30(48)12-5-7-13(8-6-12)35-27(45)14-3-1-2-4-15(14)37-49-18(42)9-34/h1-8,16-17,25-26,37,39-41,43-44H,9-11,34H2,(H,35,45)(H,36,46,47). The highest BCUT2D eigenvalue weighted by molar-refractivity contribution is 9.11. The molecule has 0 fully saturated rings. The first-order valence-electron chi connectivity index (χ1n) is 14.1. The van der Waals surface area contributed by atoms with E-state index in [1.165, 1.54) is 36.4 Å². The summed E-state index contributed by atoms with van der Waals surface area (Å²) in [5.41, 5.74) is 7.91. The zero-order valence-corrected chi connectivity index (χ0v) is 29.7. The van der Waals surface area contributed by atoms with Crippen LogP contribution in [0.15, 0.2) is 61.9 Å². The van der Waals surface area contributed by atoms with Crippen LogP contribution in [-0.2, 0) is 9.63 Å². The lowest BCUT2D eigenvalue weighted by molar-refractivity contribution is -0.138. The van der Waals surface area contributed by atoms with Gasteiger partial charge in [0.1, 0.15) is 24.4 Å². The van der Waals surface area contributed by atoms with Crippen LogP contribution in [-0.4, -0.2) is 99.2 Å². The van der Waals surface area contributed by atoms with Crippen molar-refractivity contribution in [1.82, 2.24) is 5.32 Å². The van der Waals surface area contributed by atoms with Crippen molar-refractivity contribution in [2.75, 3.05) is 35.4 Å². The average molecular weight is 874 g/mol. The highest BCUT2D eigenvalue weighted by Gasteiger charge is 2.39. The van der Waals surface area contributed by atoms with Gasteiger partial charge in [-0.2, -0.15) is 0 Å². The summed E-state index contributed by atoms with van der Waals surface area (Å²) in [4.78, 5) is 69.8. The van der Waals surface area contributed by atoms with Gasteiger partial charge in [-0.25, -0.2) is 10.3 Å². The van der Waals surface area contributed by atoms with Crippen LogP contribution in [0.3, 0.4) is 0 Å². The number of fused-ring (bicyclic) bond motifs is 2. The van der Waals surface area contributed by atoms with Crippen LogP contribution >= 0.6 is 47.8 Å². The maximum atomic E-state index is 14.1. The predicted molar refractivity (Wildman–Crippen MR) is 184 cm³/mol. The second-order valence-electron chi connectivity index (χ2n) is 10.4. The third-order valence-corrected chi connectivity index (χ3v) is 9.53. The van der Waals surface area contributed by atoms with E-state index < -0.39 is 67.2 Å². The Hall–Kier alpha value is -3.79. The lowest BCUT2D eigenvalue weighted by Crippen LogP contribution is -2.51. The van der Waals surface area contributed by atoms with Gasteiger partial charge in [-0.15, -0.1) is 0 Å². The van der Waals surface area contributed by atoms with Gasteiger partial charge in [0.25, 0.3) is 23.6 Å². The van der Waals surface area contributed by atoms with E-state index in [0.717, 1.165) is 4.90 Å². The zero-order valence-electron chi connectivity index (χ0n) is 24.9. The van der Waals surface area contributed by atoms with Gasteiger partial charge in [0, 0.05) is 15.7 Å². The predicted octanol–water partition coefficient (Wildman–Crippen LogP) is 1.02. The fourth-order valence-corrected chi connectivity index (χ4v) is 7.76. The molecule has 0 radical (unpaired) electrons. The van der Waals surface area contributed by atoms with Gasteiger partial charge in [0.05, 0.1) is 56.7 Å². The van der Waals surface area contributed by atoms with Crippen LogP contribution in [0.5, 0.6) is 0 Å². The summed E-state index contributed by atoms with van der Waals surface area (Å²) in [5, 5.41) is 55.4. The third-order valence-electron chi connectivity index (χ3n) is 7.19. The van der Waals surface area contributed by atoms with Gasteiger partial charge in [0.15, 0.2) is 0 Å². The van der Waals surface area contributed by atoms with E-state index in [1.54, 1.807) is 12.1 Å². The second kappa shape index (κ2) is 16.3. The Balaban J connectivity index is 1.68. The molecule has 2 bridgehead atoms. The van der Waals surface area contributed by atoms with E-state index in [2.05, 4.69) is 63.9 Å². The maximum Gasteiger partial charge on any atom is 0.345 e. The number of imide groups is 1. The minimum atomic E-state index is -2.06. The number of hydrogen-bond donors (Lipinski definition) is 9. The number of carbonyl (C=O) groups excluding carboxylic acids is 5. The molecule has 0 spiro atoms. The molecule has 0 saturated carbocycles. The topological polar surface area (TPSA) is 261 Å². The number of nitrogens with one attached hydrogen (secondary N) is 3. The molecule has 0 saturated heterocycles. The molecule has 0 aromatic heterocycles. The van der Waals surface area contributed by atoms with Crippen LogP contribution in [0.4, 0.5) is 17.1 Å². The summed E-state index contributed by atoms with van der Waals surface area (Å²) >= 11 is 9.87. The van der Waals surface area contributed by atoms with Gasteiger partial charge < -0.3 is 46.3 Å². The second-order valence-corrected chi connectivity index (χ2v) is 12.8. The summed E-state index contributed by atoms with van der Waals surface area (Å²) in [6.07, 6.45) is -7.83. The number of aliphatic hydroxyl groups excluding tert-OH is 5.